The van der Waals surface area contributed by atoms with Gasteiger partial charge in [0.1, 0.15) is 10.6 Å². The smallest absolute Gasteiger partial charge is 0.258 e. The van der Waals surface area contributed by atoms with E-state index in [1.165, 1.54) is 38.2 Å². The van der Waals surface area contributed by atoms with Crippen LogP contribution in [-0.2, 0) is 25.3 Å². The summed E-state index contributed by atoms with van der Waals surface area (Å²) < 4.78 is 85.1. The number of alkyl halides is 2. The van der Waals surface area contributed by atoms with Gasteiger partial charge in [0.2, 0.25) is 10.0 Å². The predicted molar refractivity (Wildman–Crippen MR) is 147 cm³/mol. The van der Waals surface area contributed by atoms with E-state index in [1.807, 2.05) is 6.07 Å². The maximum Gasteiger partial charge on any atom is 0.258 e. The summed E-state index contributed by atoms with van der Waals surface area (Å²) in [7, 11) is -6.36. The minimum atomic E-state index is -4.15. The number of benzene rings is 2. The van der Waals surface area contributed by atoms with E-state index in [1.54, 1.807) is 17.0 Å². The molecule has 3 fully saturated rings. The molecule has 40 heavy (non-hydrogen) atoms. The average Bonchev–Trinajstić information content (AvgIpc) is 3.57. The van der Waals surface area contributed by atoms with Crippen molar-refractivity contribution in [2.75, 3.05) is 29.5 Å². The van der Waals surface area contributed by atoms with Gasteiger partial charge in [-0.3, -0.25) is 9.52 Å². The first-order valence-electron chi connectivity index (χ1n) is 13.4. The zero-order valence-corrected chi connectivity index (χ0v) is 24.0. The third-order valence-corrected chi connectivity index (χ3v) is 12.1. The molecule has 0 bridgehead atoms. The second kappa shape index (κ2) is 8.88. The molecule has 6 rings (SSSR count). The van der Waals surface area contributed by atoms with Crippen LogP contribution in [0.1, 0.15) is 67.3 Å². The van der Waals surface area contributed by atoms with Crippen LogP contribution >= 0.6 is 0 Å². The summed E-state index contributed by atoms with van der Waals surface area (Å²) in [5.41, 5.74) is 2.16. The van der Waals surface area contributed by atoms with E-state index >= 15 is 0 Å². The van der Waals surface area contributed by atoms with Crippen LogP contribution in [0.25, 0.3) is 0 Å². The molecule has 1 heterocycles. The van der Waals surface area contributed by atoms with Crippen molar-refractivity contribution in [3.63, 3.8) is 0 Å². The zero-order valence-electron chi connectivity index (χ0n) is 22.4. The van der Waals surface area contributed by atoms with Crippen molar-refractivity contribution >= 4 is 37.1 Å². The fourth-order valence-electron chi connectivity index (χ4n) is 6.68. The molecule has 1 amide bonds. The van der Waals surface area contributed by atoms with E-state index in [4.69, 9.17) is 4.74 Å². The molecule has 8 nitrogen and oxygen atoms in total. The van der Waals surface area contributed by atoms with Crippen molar-refractivity contribution in [1.29, 1.82) is 0 Å². The van der Waals surface area contributed by atoms with Gasteiger partial charge in [-0.25, -0.2) is 25.6 Å². The number of nitrogens with zero attached hydrogens (tertiary/aromatic N) is 1. The molecule has 0 radical (unpaired) electrons. The summed E-state index contributed by atoms with van der Waals surface area (Å²) in [6, 6.07) is 9.27. The van der Waals surface area contributed by atoms with Crippen LogP contribution in [0.5, 0.6) is 5.75 Å². The number of carbonyl (C=O) groups excluding carboxylic acids is 1. The molecule has 2 aromatic carbocycles. The molecule has 0 aromatic heterocycles. The predicted octanol–water partition coefficient (Wildman–Crippen LogP) is 4.89. The lowest BCUT2D eigenvalue weighted by molar-refractivity contribution is -0.0686. The number of anilines is 2. The number of halogens is 2. The fourth-order valence-corrected chi connectivity index (χ4v) is 9.25. The molecule has 0 unspecified atom stereocenters. The van der Waals surface area contributed by atoms with E-state index < -0.39 is 49.8 Å². The Hall–Kier alpha value is -2.73. The third-order valence-electron chi connectivity index (χ3n) is 9.30. The number of carbonyl (C=O) groups is 1. The fraction of sp³-hybridized carbons (Fsp3) is 0.536. The second-order valence-corrected chi connectivity index (χ2v) is 16.0. The van der Waals surface area contributed by atoms with Crippen molar-refractivity contribution in [3.8, 4) is 5.75 Å². The molecule has 216 valence electrons. The lowest BCUT2D eigenvalue weighted by Gasteiger charge is -2.38. The SMILES string of the molecule is COc1ccc(C(=O)N2CC3(CCC4(CC4)CC3)c3cc(NS(C)(=O)=O)ccc32)cc1S(=O)(=O)C1CC(F)(F)C1. The van der Waals surface area contributed by atoms with Gasteiger partial charge in [0.05, 0.1) is 18.6 Å². The van der Waals surface area contributed by atoms with Crippen molar-refractivity contribution in [2.24, 2.45) is 5.41 Å². The molecule has 1 aliphatic heterocycles. The molecule has 0 atom stereocenters. The van der Waals surface area contributed by atoms with E-state index in [9.17, 15) is 30.4 Å². The van der Waals surface area contributed by atoms with Crippen LogP contribution in [0.15, 0.2) is 41.3 Å². The molecule has 3 aliphatic carbocycles. The Kier molecular flexibility index (Phi) is 6.09. The zero-order chi connectivity index (χ0) is 28.7. The summed E-state index contributed by atoms with van der Waals surface area (Å²) in [6.07, 6.45) is 5.80. The lowest BCUT2D eigenvalue weighted by Crippen LogP contribution is -2.44. The number of fused-ring (bicyclic) bond motifs is 2. The molecule has 1 N–H and O–H groups in total. The standard InChI is InChI=1S/C28H32F2N2O6S2/c1-38-23-6-3-18(13-24(23)40(36,37)20-15-28(29,30)16-20)25(33)32-17-27(11-9-26(7-8-26)10-12-27)21-14-19(4-5-22(21)32)31-39(2,34)35/h3-6,13-14,20,31H,7-12,15-17H2,1-2H3. The third kappa shape index (κ3) is 4.66. The number of rotatable bonds is 6. The van der Waals surface area contributed by atoms with Gasteiger partial charge < -0.3 is 9.64 Å². The average molecular weight is 595 g/mol. The van der Waals surface area contributed by atoms with Gasteiger partial charge in [-0.05, 0) is 85.9 Å². The van der Waals surface area contributed by atoms with Gasteiger partial charge in [0.15, 0.2) is 9.84 Å². The van der Waals surface area contributed by atoms with Crippen molar-refractivity contribution in [3.05, 3.63) is 47.5 Å². The molecular weight excluding hydrogens is 562 g/mol. The molecule has 4 aliphatic rings. The Labute approximate surface area is 233 Å². The van der Waals surface area contributed by atoms with Crippen LogP contribution in [-0.4, -0.2) is 53.8 Å². The highest BCUT2D eigenvalue weighted by atomic mass is 32.2. The van der Waals surface area contributed by atoms with Crippen LogP contribution in [0.4, 0.5) is 20.2 Å². The Morgan fingerprint density at radius 3 is 2.20 bits per heavy atom. The van der Waals surface area contributed by atoms with E-state index in [0.717, 1.165) is 37.5 Å². The highest BCUT2D eigenvalue weighted by molar-refractivity contribution is 7.92. The maximum atomic E-state index is 14.0. The Balaban J connectivity index is 1.36. The van der Waals surface area contributed by atoms with Gasteiger partial charge in [0, 0.05) is 41.7 Å². The van der Waals surface area contributed by atoms with Crippen molar-refractivity contribution in [2.45, 2.75) is 72.8 Å². The number of nitrogens with one attached hydrogen (secondary N) is 1. The van der Waals surface area contributed by atoms with Crippen LogP contribution in [0.3, 0.4) is 0 Å². The monoisotopic (exact) mass is 594 g/mol. The van der Waals surface area contributed by atoms with Crippen LogP contribution in [0, 0.1) is 5.41 Å². The van der Waals surface area contributed by atoms with Gasteiger partial charge >= 0.3 is 0 Å². The van der Waals surface area contributed by atoms with E-state index in [-0.39, 0.29) is 21.6 Å². The van der Waals surface area contributed by atoms with Gasteiger partial charge in [-0.1, -0.05) is 0 Å². The summed E-state index contributed by atoms with van der Waals surface area (Å²) in [4.78, 5) is 15.4. The number of sulfone groups is 1. The van der Waals surface area contributed by atoms with E-state index in [2.05, 4.69) is 4.72 Å². The Morgan fingerprint density at radius 1 is 0.975 bits per heavy atom. The minimum Gasteiger partial charge on any atom is -0.495 e. The van der Waals surface area contributed by atoms with Gasteiger partial charge in [-0.15, -0.1) is 0 Å². The van der Waals surface area contributed by atoms with Crippen LogP contribution in [0.2, 0.25) is 0 Å². The number of sulfonamides is 1. The number of methoxy groups -OCH3 is 1. The molecule has 2 aromatic rings. The molecule has 0 saturated heterocycles. The first-order valence-corrected chi connectivity index (χ1v) is 16.8. The molecular formula is C28H32F2N2O6S2. The normalized spacial score (nSPS) is 22.6. The van der Waals surface area contributed by atoms with Gasteiger partial charge in [-0.2, -0.15) is 0 Å². The number of hydrogen-bond acceptors (Lipinski definition) is 6. The highest BCUT2D eigenvalue weighted by Gasteiger charge is 2.54. The van der Waals surface area contributed by atoms with Crippen LogP contribution < -0.4 is 14.4 Å². The lowest BCUT2D eigenvalue weighted by atomic mass is 9.66. The summed E-state index contributed by atoms with van der Waals surface area (Å²) in [5.74, 6) is -3.43. The summed E-state index contributed by atoms with van der Waals surface area (Å²) in [5, 5.41) is -1.24. The topological polar surface area (TPSA) is 110 Å². The molecule has 2 spiro atoms. The largest absolute Gasteiger partial charge is 0.495 e. The molecule has 3 saturated carbocycles. The summed E-state index contributed by atoms with van der Waals surface area (Å²) in [6.45, 7) is 0.391. The maximum absolute atomic E-state index is 14.0. The van der Waals surface area contributed by atoms with Crippen molar-refractivity contribution < 1.29 is 35.1 Å². The first-order chi connectivity index (χ1) is 18.7. The van der Waals surface area contributed by atoms with E-state index in [0.29, 0.717) is 23.3 Å². The second-order valence-electron chi connectivity index (χ2n) is 12.1. The van der Waals surface area contributed by atoms with Gasteiger partial charge in [0.25, 0.3) is 11.8 Å². The Morgan fingerprint density at radius 2 is 1.62 bits per heavy atom. The minimum absolute atomic E-state index is 0.00330. The Bertz CT molecular complexity index is 1600. The van der Waals surface area contributed by atoms with Crippen molar-refractivity contribution in [1.82, 2.24) is 0 Å². The first kappa shape index (κ1) is 27.4. The quantitative estimate of drug-likeness (QED) is 0.510. The molecule has 12 heteroatoms. The highest BCUT2D eigenvalue weighted by Crippen LogP contribution is 2.62. The number of amides is 1. The summed E-state index contributed by atoms with van der Waals surface area (Å²) >= 11 is 0. The number of hydrogen-bond donors (Lipinski definition) is 1. The number of ether oxygens (including phenoxy) is 1.